The van der Waals surface area contributed by atoms with Crippen LogP contribution in [0.2, 0.25) is 0 Å². The standard InChI is InChI=1S/C8H13NO5S/c1-5(10)9-6(8(13)14)4-15-3-2-7(11)12/h6H,2-4H2,1H3,(H,9,10)(H,11,12)(H,13,14). The summed E-state index contributed by atoms with van der Waals surface area (Å²) in [6.07, 6.45) is -0.0168. The molecule has 86 valence electrons. The molecule has 6 nitrogen and oxygen atoms in total. The van der Waals surface area contributed by atoms with E-state index in [1.165, 1.54) is 18.7 Å². The number of hydrogen-bond acceptors (Lipinski definition) is 4. The van der Waals surface area contributed by atoms with Crippen molar-refractivity contribution in [3.05, 3.63) is 0 Å². The Bertz CT molecular complexity index is 255. The summed E-state index contributed by atoms with van der Waals surface area (Å²) >= 11 is 1.18. The lowest BCUT2D eigenvalue weighted by atomic mass is 10.3. The molecule has 0 saturated heterocycles. The van der Waals surface area contributed by atoms with Gasteiger partial charge in [-0.05, 0) is 0 Å². The van der Waals surface area contributed by atoms with Crippen molar-refractivity contribution in [1.29, 1.82) is 0 Å². The van der Waals surface area contributed by atoms with E-state index in [4.69, 9.17) is 10.2 Å². The lowest BCUT2D eigenvalue weighted by Crippen LogP contribution is -2.41. The molecule has 0 radical (unpaired) electrons. The smallest absolute Gasteiger partial charge is 0.327 e. The van der Waals surface area contributed by atoms with Crippen LogP contribution in [0.25, 0.3) is 0 Å². The number of carboxylic acids is 2. The molecule has 0 aromatic rings. The Labute approximate surface area is 91.0 Å². The van der Waals surface area contributed by atoms with Crippen molar-refractivity contribution in [2.24, 2.45) is 0 Å². The van der Waals surface area contributed by atoms with Crippen molar-refractivity contribution in [2.75, 3.05) is 11.5 Å². The Hall–Kier alpha value is -1.24. The molecule has 0 heterocycles. The molecule has 1 amide bonds. The molecule has 0 fully saturated rings. The van der Waals surface area contributed by atoms with Gasteiger partial charge in [-0.15, -0.1) is 0 Å². The quantitative estimate of drug-likeness (QED) is 0.527. The Morgan fingerprint density at radius 1 is 1.33 bits per heavy atom. The summed E-state index contributed by atoms with van der Waals surface area (Å²) in [7, 11) is 0. The average molecular weight is 235 g/mol. The Kier molecular flexibility index (Phi) is 6.52. The number of carboxylic acid groups (broad SMARTS) is 2. The Morgan fingerprint density at radius 2 is 1.93 bits per heavy atom. The van der Waals surface area contributed by atoms with E-state index in [0.29, 0.717) is 5.75 Å². The second-order valence-electron chi connectivity index (χ2n) is 2.81. The SMILES string of the molecule is CC(=O)NC(CSCCC(=O)O)C(=O)O. The Morgan fingerprint density at radius 3 is 2.33 bits per heavy atom. The fourth-order valence-corrected chi connectivity index (χ4v) is 1.73. The van der Waals surface area contributed by atoms with Gasteiger partial charge in [-0.25, -0.2) is 4.79 Å². The van der Waals surface area contributed by atoms with Gasteiger partial charge in [-0.3, -0.25) is 9.59 Å². The first-order valence-corrected chi connectivity index (χ1v) is 5.38. The van der Waals surface area contributed by atoms with Crippen LogP contribution in [0.4, 0.5) is 0 Å². The fraction of sp³-hybridized carbons (Fsp3) is 0.625. The van der Waals surface area contributed by atoms with E-state index in [-0.39, 0.29) is 12.2 Å². The zero-order chi connectivity index (χ0) is 11.8. The van der Waals surface area contributed by atoms with E-state index >= 15 is 0 Å². The van der Waals surface area contributed by atoms with Crippen LogP contribution in [0.3, 0.4) is 0 Å². The maximum Gasteiger partial charge on any atom is 0.327 e. The van der Waals surface area contributed by atoms with Gasteiger partial charge in [-0.1, -0.05) is 0 Å². The lowest BCUT2D eigenvalue weighted by Gasteiger charge is -2.11. The second-order valence-corrected chi connectivity index (χ2v) is 3.96. The summed E-state index contributed by atoms with van der Waals surface area (Å²) in [6, 6.07) is -0.957. The molecule has 0 aromatic heterocycles. The number of rotatable bonds is 7. The minimum atomic E-state index is -1.12. The molecule has 7 heteroatoms. The minimum Gasteiger partial charge on any atom is -0.481 e. The van der Waals surface area contributed by atoms with Crippen LogP contribution in [0, 0.1) is 0 Å². The highest BCUT2D eigenvalue weighted by Crippen LogP contribution is 2.05. The van der Waals surface area contributed by atoms with Crippen LogP contribution < -0.4 is 5.32 Å². The molecule has 1 unspecified atom stereocenters. The number of hydrogen-bond donors (Lipinski definition) is 3. The van der Waals surface area contributed by atoms with Crippen LogP contribution >= 0.6 is 11.8 Å². The topological polar surface area (TPSA) is 104 Å². The summed E-state index contributed by atoms with van der Waals surface area (Å²) in [5.41, 5.74) is 0. The zero-order valence-corrected chi connectivity index (χ0v) is 9.04. The van der Waals surface area contributed by atoms with E-state index < -0.39 is 23.9 Å². The Balaban J connectivity index is 3.81. The summed E-state index contributed by atoms with van der Waals surface area (Å²) in [5.74, 6) is -1.95. The third-order valence-corrected chi connectivity index (χ3v) is 2.48. The molecule has 0 saturated carbocycles. The monoisotopic (exact) mass is 235 g/mol. The molecule has 15 heavy (non-hydrogen) atoms. The molecule has 0 aliphatic rings. The predicted molar refractivity (Wildman–Crippen MR) is 54.8 cm³/mol. The molecule has 0 rings (SSSR count). The van der Waals surface area contributed by atoms with Crippen LogP contribution in [0.1, 0.15) is 13.3 Å². The van der Waals surface area contributed by atoms with Gasteiger partial charge in [0.15, 0.2) is 0 Å². The maximum absolute atomic E-state index is 10.6. The molecule has 0 aromatic carbocycles. The fourth-order valence-electron chi connectivity index (χ4n) is 0.781. The number of carbonyl (C=O) groups excluding carboxylic acids is 1. The number of amides is 1. The minimum absolute atomic E-state index is 0.0168. The van der Waals surface area contributed by atoms with Crippen molar-refractivity contribution >= 4 is 29.6 Å². The van der Waals surface area contributed by atoms with Crippen molar-refractivity contribution in [1.82, 2.24) is 5.32 Å². The summed E-state index contributed by atoms with van der Waals surface area (Å²) in [5, 5.41) is 19.3. The lowest BCUT2D eigenvalue weighted by molar-refractivity contribution is -0.140. The third-order valence-electron chi connectivity index (χ3n) is 1.42. The molecule has 3 N–H and O–H groups in total. The first-order valence-electron chi connectivity index (χ1n) is 4.23. The summed E-state index contributed by atoms with van der Waals surface area (Å²) in [6.45, 7) is 1.23. The highest BCUT2D eigenvalue weighted by atomic mass is 32.2. The van der Waals surface area contributed by atoms with Crippen molar-refractivity contribution in [3.8, 4) is 0 Å². The van der Waals surface area contributed by atoms with Crippen molar-refractivity contribution < 1.29 is 24.6 Å². The molecular formula is C8H13NO5S. The molecule has 1 atom stereocenters. The summed E-state index contributed by atoms with van der Waals surface area (Å²) in [4.78, 5) is 31.4. The highest BCUT2D eigenvalue weighted by Gasteiger charge is 2.17. The largest absolute Gasteiger partial charge is 0.481 e. The van der Waals surface area contributed by atoms with E-state index in [2.05, 4.69) is 5.32 Å². The van der Waals surface area contributed by atoms with E-state index in [0.717, 1.165) is 0 Å². The van der Waals surface area contributed by atoms with Crippen LogP contribution in [0.15, 0.2) is 0 Å². The van der Waals surface area contributed by atoms with Gasteiger partial charge in [0, 0.05) is 18.4 Å². The highest BCUT2D eigenvalue weighted by molar-refractivity contribution is 7.99. The van der Waals surface area contributed by atoms with E-state index in [1.54, 1.807) is 0 Å². The van der Waals surface area contributed by atoms with Gasteiger partial charge in [0.2, 0.25) is 5.91 Å². The molecular weight excluding hydrogens is 222 g/mol. The molecule has 0 aliphatic heterocycles. The average Bonchev–Trinajstić information content (AvgIpc) is 2.08. The second kappa shape index (κ2) is 7.10. The van der Waals surface area contributed by atoms with Gasteiger partial charge >= 0.3 is 11.9 Å². The maximum atomic E-state index is 10.6. The van der Waals surface area contributed by atoms with E-state index in [1.807, 2.05) is 0 Å². The van der Waals surface area contributed by atoms with Gasteiger partial charge in [0.1, 0.15) is 6.04 Å². The molecule has 0 aliphatic carbocycles. The van der Waals surface area contributed by atoms with E-state index in [9.17, 15) is 14.4 Å². The number of thioether (sulfide) groups is 1. The van der Waals surface area contributed by atoms with Crippen LogP contribution in [0.5, 0.6) is 0 Å². The first kappa shape index (κ1) is 13.8. The first-order chi connectivity index (χ1) is 6.93. The van der Waals surface area contributed by atoms with Crippen molar-refractivity contribution in [2.45, 2.75) is 19.4 Å². The van der Waals surface area contributed by atoms with Crippen molar-refractivity contribution in [3.63, 3.8) is 0 Å². The van der Waals surface area contributed by atoms with Gasteiger partial charge in [-0.2, -0.15) is 11.8 Å². The summed E-state index contributed by atoms with van der Waals surface area (Å²) < 4.78 is 0. The van der Waals surface area contributed by atoms with Gasteiger partial charge < -0.3 is 15.5 Å². The number of nitrogens with one attached hydrogen (secondary N) is 1. The number of carbonyl (C=O) groups is 3. The van der Waals surface area contributed by atoms with Gasteiger partial charge in [0.25, 0.3) is 0 Å². The normalized spacial score (nSPS) is 11.8. The van der Waals surface area contributed by atoms with Gasteiger partial charge in [0.05, 0.1) is 6.42 Å². The van der Waals surface area contributed by atoms with Crippen LogP contribution in [-0.2, 0) is 14.4 Å². The molecule has 0 spiro atoms. The predicted octanol–water partition coefficient (Wildman–Crippen LogP) is -0.216. The zero-order valence-electron chi connectivity index (χ0n) is 8.23. The number of aliphatic carboxylic acids is 2. The third kappa shape index (κ3) is 7.80. The van der Waals surface area contributed by atoms with Crippen LogP contribution in [-0.4, -0.2) is 45.6 Å². The molecule has 0 bridgehead atoms.